The van der Waals surface area contributed by atoms with E-state index in [-0.39, 0.29) is 11.3 Å². The van der Waals surface area contributed by atoms with E-state index in [0.29, 0.717) is 6.42 Å². The third-order valence-corrected chi connectivity index (χ3v) is 2.16. The van der Waals surface area contributed by atoms with Crippen molar-refractivity contribution < 1.29 is 4.79 Å². The van der Waals surface area contributed by atoms with Crippen molar-refractivity contribution in [2.75, 3.05) is 40.8 Å². The number of carbonyl (C=O) groups is 1. The molecule has 0 aliphatic heterocycles. The fraction of sp³-hybridized carbons (Fsp3) is 0.909. The lowest BCUT2D eigenvalue weighted by Gasteiger charge is -2.28. The zero-order chi connectivity index (χ0) is 11.9. The van der Waals surface area contributed by atoms with Gasteiger partial charge in [0.1, 0.15) is 0 Å². The van der Waals surface area contributed by atoms with Crippen molar-refractivity contribution in [3.63, 3.8) is 0 Å². The van der Waals surface area contributed by atoms with Crippen LogP contribution in [0.1, 0.15) is 20.3 Å². The van der Waals surface area contributed by atoms with Gasteiger partial charge in [-0.15, -0.1) is 0 Å². The van der Waals surface area contributed by atoms with Crippen molar-refractivity contribution in [3.05, 3.63) is 0 Å². The van der Waals surface area contributed by atoms with Gasteiger partial charge in [-0.3, -0.25) is 4.79 Å². The van der Waals surface area contributed by atoms with E-state index in [4.69, 9.17) is 0 Å². The Hall–Kier alpha value is -0.610. The molecule has 0 unspecified atom stereocenters. The predicted molar refractivity (Wildman–Crippen MR) is 63.9 cm³/mol. The molecule has 4 nitrogen and oxygen atoms in total. The van der Waals surface area contributed by atoms with Gasteiger partial charge in [-0.2, -0.15) is 0 Å². The topological polar surface area (TPSA) is 44.4 Å². The van der Waals surface area contributed by atoms with Crippen molar-refractivity contribution in [1.82, 2.24) is 15.5 Å². The van der Waals surface area contributed by atoms with Crippen molar-refractivity contribution in [1.29, 1.82) is 0 Å². The van der Waals surface area contributed by atoms with Gasteiger partial charge in [-0.05, 0) is 19.5 Å². The summed E-state index contributed by atoms with van der Waals surface area (Å²) in [5, 5.41) is 5.92. The zero-order valence-electron chi connectivity index (χ0n) is 10.7. The molecular weight excluding hydrogens is 190 g/mol. The van der Waals surface area contributed by atoms with Gasteiger partial charge in [0.25, 0.3) is 0 Å². The van der Waals surface area contributed by atoms with E-state index < -0.39 is 0 Å². The molecule has 0 aromatic carbocycles. The van der Waals surface area contributed by atoms with Crippen LogP contribution < -0.4 is 10.6 Å². The average Bonchev–Trinajstić information content (AvgIpc) is 2.10. The Kier molecular flexibility index (Phi) is 6.52. The minimum absolute atomic E-state index is 0.0907. The van der Waals surface area contributed by atoms with Gasteiger partial charge in [0.2, 0.25) is 5.91 Å². The van der Waals surface area contributed by atoms with Gasteiger partial charge in [-0.25, -0.2) is 0 Å². The van der Waals surface area contributed by atoms with Crippen molar-refractivity contribution in [2.24, 2.45) is 5.41 Å². The number of rotatable bonds is 7. The highest BCUT2D eigenvalue weighted by Crippen LogP contribution is 2.13. The van der Waals surface area contributed by atoms with Gasteiger partial charge in [0.15, 0.2) is 0 Å². The number of nitrogens with zero attached hydrogens (tertiary/aromatic N) is 1. The van der Waals surface area contributed by atoms with E-state index in [1.165, 1.54) is 0 Å². The van der Waals surface area contributed by atoms with Crippen LogP contribution in [0.25, 0.3) is 0 Å². The Morgan fingerprint density at radius 1 is 1.33 bits per heavy atom. The fourth-order valence-corrected chi connectivity index (χ4v) is 1.67. The lowest BCUT2D eigenvalue weighted by molar-refractivity contribution is -0.120. The molecule has 2 N–H and O–H groups in total. The van der Waals surface area contributed by atoms with Crippen LogP contribution in [-0.4, -0.2) is 51.6 Å². The van der Waals surface area contributed by atoms with Crippen molar-refractivity contribution in [3.8, 4) is 0 Å². The zero-order valence-corrected chi connectivity index (χ0v) is 10.7. The first-order valence-corrected chi connectivity index (χ1v) is 5.43. The van der Waals surface area contributed by atoms with Crippen LogP contribution in [-0.2, 0) is 4.79 Å². The summed E-state index contributed by atoms with van der Waals surface area (Å²) in [4.78, 5) is 13.1. The maximum absolute atomic E-state index is 11.0. The van der Waals surface area contributed by atoms with Crippen LogP contribution in [0, 0.1) is 5.41 Å². The van der Waals surface area contributed by atoms with Gasteiger partial charge in [-0.1, -0.05) is 13.8 Å². The number of hydrogen-bond acceptors (Lipinski definition) is 3. The molecule has 15 heavy (non-hydrogen) atoms. The largest absolute Gasteiger partial charge is 0.359 e. The summed E-state index contributed by atoms with van der Waals surface area (Å²) in [5.41, 5.74) is 0.242. The summed E-state index contributed by atoms with van der Waals surface area (Å²) >= 11 is 0. The molecule has 0 radical (unpaired) electrons. The SMILES string of the molecule is CNC(=O)CCNCC(C)(C)CN(C)C. The first-order chi connectivity index (χ1) is 6.87. The minimum Gasteiger partial charge on any atom is -0.359 e. The van der Waals surface area contributed by atoms with Crippen LogP contribution in [0.15, 0.2) is 0 Å². The van der Waals surface area contributed by atoms with Crippen LogP contribution in [0.5, 0.6) is 0 Å². The Morgan fingerprint density at radius 3 is 2.40 bits per heavy atom. The quantitative estimate of drug-likeness (QED) is 0.600. The minimum atomic E-state index is 0.0907. The normalized spacial score (nSPS) is 11.9. The second kappa shape index (κ2) is 6.80. The summed E-state index contributed by atoms with van der Waals surface area (Å²) in [7, 11) is 5.82. The Balaban J connectivity index is 3.61. The molecule has 0 aliphatic rings. The molecule has 0 heterocycles. The standard InChI is InChI=1S/C11H25N3O/c1-11(2,9-14(4)5)8-13-7-6-10(15)12-3/h13H,6-9H2,1-5H3,(H,12,15). The molecule has 0 fully saturated rings. The van der Waals surface area contributed by atoms with Crippen LogP contribution in [0.3, 0.4) is 0 Å². The van der Waals surface area contributed by atoms with Crippen molar-refractivity contribution in [2.45, 2.75) is 20.3 Å². The van der Waals surface area contributed by atoms with Gasteiger partial charge in [0.05, 0.1) is 0 Å². The molecule has 0 saturated carbocycles. The Morgan fingerprint density at radius 2 is 1.93 bits per heavy atom. The highest BCUT2D eigenvalue weighted by atomic mass is 16.1. The molecule has 90 valence electrons. The summed E-state index contributed by atoms with van der Waals surface area (Å²) < 4.78 is 0. The molecular formula is C11H25N3O. The van der Waals surface area contributed by atoms with Crippen LogP contribution in [0.2, 0.25) is 0 Å². The van der Waals surface area contributed by atoms with Gasteiger partial charge in [0, 0.05) is 33.1 Å². The van der Waals surface area contributed by atoms with E-state index in [1.807, 2.05) is 0 Å². The number of amides is 1. The lowest BCUT2D eigenvalue weighted by Crippen LogP contribution is -2.38. The lowest BCUT2D eigenvalue weighted by atomic mass is 9.93. The predicted octanol–water partition coefficient (Wildman–Crippen LogP) is 0.300. The van der Waals surface area contributed by atoms with Crippen LogP contribution in [0.4, 0.5) is 0 Å². The van der Waals surface area contributed by atoms with E-state index in [2.05, 4.69) is 43.5 Å². The van der Waals surface area contributed by atoms with E-state index >= 15 is 0 Å². The maximum Gasteiger partial charge on any atom is 0.221 e. The molecule has 1 amide bonds. The Bertz CT molecular complexity index is 190. The summed E-state index contributed by atoms with van der Waals surface area (Å²) in [6.45, 7) is 7.17. The molecule has 4 heteroatoms. The number of nitrogens with one attached hydrogen (secondary N) is 2. The smallest absolute Gasteiger partial charge is 0.221 e. The highest BCUT2D eigenvalue weighted by Gasteiger charge is 2.17. The first kappa shape index (κ1) is 14.4. The maximum atomic E-state index is 11.0. The molecule has 0 bridgehead atoms. The molecule has 0 saturated heterocycles. The first-order valence-electron chi connectivity index (χ1n) is 5.43. The molecule has 0 atom stereocenters. The van der Waals surface area contributed by atoms with Crippen LogP contribution >= 0.6 is 0 Å². The van der Waals surface area contributed by atoms with E-state index in [0.717, 1.165) is 19.6 Å². The van der Waals surface area contributed by atoms with Gasteiger partial charge >= 0.3 is 0 Å². The average molecular weight is 215 g/mol. The second-order valence-corrected chi connectivity index (χ2v) is 5.00. The molecule has 0 rings (SSSR count). The molecule has 0 aliphatic carbocycles. The van der Waals surface area contributed by atoms with Crippen molar-refractivity contribution >= 4 is 5.91 Å². The highest BCUT2D eigenvalue weighted by molar-refractivity contribution is 5.75. The Labute approximate surface area is 93.4 Å². The molecule has 0 aromatic heterocycles. The van der Waals surface area contributed by atoms with E-state index in [1.54, 1.807) is 7.05 Å². The second-order valence-electron chi connectivity index (χ2n) is 5.00. The third kappa shape index (κ3) is 8.39. The van der Waals surface area contributed by atoms with Gasteiger partial charge < -0.3 is 15.5 Å². The van der Waals surface area contributed by atoms with E-state index in [9.17, 15) is 4.79 Å². The molecule has 0 aromatic rings. The monoisotopic (exact) mass is 215 g/mol. The summed E-state index contributed by atoms with van der Waals surface area (Å²) in [5.74, 6) is 0.0907. The molecule has 0 spiro atoms. The fourth-order valence-electron chi connectivity index (χ4n) is 1.67. The number of carbonyl (C=O) groups excluding carboxylic acids is 1. The summed E-state index contributed by atoms with van der Waals surface area (Å²) in [6.07, 6.45) is 0.550. The third-order valence-electron chi connectivity index (χ3n) is 2.16. The summed E-state index contributed by atoms with van der Waals surface area (Å²) in [6, 6.07) is 0. The number of hydrogen-bond donors (Lipinski definition) is 2.